The molecular formula is C33H30BN3O2. The van der Waals surface area contributed by atoms with E-state index in [1.807, 2.05) is 84.9 Å². The first-order valence-corrected chi connectivity index (χ1v) is 13.2. The summed E-state index contributed by atoms with van der Waals surface area (Å²) in [4.78, 5) is 15.0. The largest absolute Gasteiger partial charge is 0.495 e. The highest BCUT2D eigenvalue weighted by Gasteiger charge is 2.52. The van der Waals surface area contributed by atoms with Gasteiger partial charge in [0.1, 0.15) is 0 Å². The maximum Gasteiger partial charge on any atom is 0.495 e. The Morgan fingerprint density at radius 3 is 1.51 bits per heavy atom. The third-order valence-electron chi connectivity index (χ3n) is 7.63. The Hall–Kier alpha value is -4.13. The minimum absolute atomic E-state index is 0.459. The van der Waals surface area contributed by atoms with Crippen molar-refractivity contribution in [3.8, 4) is 45.3 Å². The number of benzene rings is 4. The van der Waals surface area contributed by atoms with Crippen LogP contribution in [0.25, 0.3) is 45.3 Å². The van der Waals surface area contributed by atoms with E-state index in [2.05, 4.69) is 52.0 Å². The molecule has 0 unspecified atom stereocenters. The van der Waals surface area contributed by atoms with Gasteiger partial charge in [-0.15, -0.1) is 0 Å². The predicted octanol–water partition coefficient (Wildman–Crippen LogP) is 6.84. The topological polar surface area (TPSA) is 57.1 Å². The quantitative estimate of drug-likeness (QED) is 0.242. The van der Waals surface area contributed by atoms with Crippen LogP contribution in [0.3, 0.4) is 0 Å². The Labute approximate surface area is 230 Å². The molecule has 1 saturated heterocycles. The molecule has 5 nitrogen and oxygen atoms in total. The van der Waals surface area contributed by atoms with Crippen molar-refractivity contribution in [3.05, 3.63) is 109 Å². The molecule has 1 aromatic heterocycles. The van der Waals surface area contributed by atoms with Gasteiger partial charge in [0.2, 0.25) is 0 Å². The van der Waals surface area contributed by atoms with Crippen molar-refractivity contribution in [1.82, 2.24) is 15.0 Å². The van der Waals surface area contributed by atoms with Crippen molar-refractivity contribution in [2.24, 2.45) is 0 Å². The Morgan fingerprint density at radius 2 is 0.897 bits per heavy atom. The van der Waals surface area contributed by atoms with Gasteiger partial charge in [-0.1, -0.05) is 109 Å². The van der Waals surface area contributed by atoms with E-state index < -0.39 is 18.3 Å². The van der Waals surface area contributed by atoms with Crippen molar-refractivity contribution >= 4 is 12.6 Å². The van der Waals surface area contributed by atoms with Crippen molar-refractivity contribution in [2.75, 3.05) is 0 Å². The fourth-order valence-corrected chi connectivity index (χ4v) is 4.76. The molecule has 6 heteroatoms. The molecule has 0 spiro atoms. The van der Waals surface area contributed by atoms with Crippen LogP contribution in [0.1, 0.15) is 27.7 Å². The van der Waals surface area contributed by atoms with E-state index in [0.29, 0.717) is 17.5 Å². The zero-order chi connectivity index (χ0) is 27.0. The highest BCUT2D eigenvalue weighted by Crippen LogP contribution is 2.37. The van der Waals surface area contributed by atoms with E-state index >= 15 is 0 Å². The molecule has 0 amide bonds. The second kappa shape index (κ2) is 9.88. The van der Waals surface area contributed by atoms with E-state index in [1.165, 1.54) is 0 Å². The molecule has 0 bridgehead atoms. The zero-order valence-electron chi connectivity index (χ0n) is 22.6. The van der Waals surface area contributed by atoms with E-state index in [4.69, 9.17) is 24.3 Å². The van der Waals surface area contributed by atoms with Gasteiger partial charge in [0.15, 0.2) is 17.5 Å². The van der Waals surface area contributed by atoms with Crippen LogP contribution in [-0.2, 0) is 9.31 Å². The highest BCUT2D eigenvalue weighted by atomic mass is 16.7. The Morgan fingerprint density at radius 1 is 0.462 bits per heavy atom. The summed E-state index contributed by atoms with van der Waals surface area (Å²) in [6.45, 7) is 8.24. The summed E-state index contributed by atoms with van der Waals surface area (Å²) in [6, 6.07) is 36.6. The highest BCUT2D eigenvalue weighted by molar-refractivity contribution is 6.63. The van der Waals surface area contributed by atoms with E-state index in [9.17, 15) is 0 Å². The molecule has 1 aliphatic rings. The molecule has 0 radical (unpaired) electrons. The lowest BCUT2D eigenvalue weighted by molar-refractivity contribution is 0.00578. The number of hydrogen-bond donors (Lipinski definition) is 0. The van der Waals surface area contributed by atoms with E-state index in [1.54, 1.807) is 0 Å². The van der Waals surface area contributed by atoms with Crippen molar-refractivity contribution < 1.29 is 9.31 Å². The van der Waals surface area contributed by atoms with Gasteiger partial charge in [-0.05, 0) is 44.3 Å². The molecule has 0 atom stereocenters. The van der Waals surface area contributed by atoms with Gasteiger partial charge in [0.05, 0.1) is 11.2 Å². The average Bonchev–Trinajstić information content (AvgIpc) is 3.20. The molecule has 0 aliphatic carbocycles. The maximum atomic E-state index is 6.43. The normalized spacial score (nSPS) is 15.8. The maximum absolute atomic E-state index is 6.43. The molecule has 4 aromatic carbocycles. The van der Waals surface area contributed by atoms with Gasteiger partial charge in [0.25, 0.3) is 0 Å². The lowest BCUT2D eigenvalue weighted by atomic mass is 9.75. The summed E-state index contributed by atoms with van der Waals surface area (Å²) >= 11 is 0. The van der Waals surface area contributed by atoms with Gasteiger partial charge in [-0.3, -0.25) is 0 Å². The second-order valence-electron chi connectivity index (χ2n) is 10.8. The van der Waals surface area contributed by atoms with Crippen LogP contribution in [-0.4, -0.2) is 33.3 Å². The fraction of sp³-hybridized carbons (Fsp3) is 0.182. The van der Waals surface area contributed by atoms with Gasteiger partial charge in [-0.2, -0.15) is 0 Å². The molecule has 5 aromatic rings. The van der Waals surface area contributed by atoms with Crippen LogP contribution in [0.5, 0.6) is 0 Å². The molecule has 6 rings (SSSR count). The minimum atomic E-state index is -0.539. The van der Waals surface area contributed by atoms with Crippen molar-refractivity contribution in [1.29, 1.82) is 0 Å². The Bertz CT molecular complexity index is 1610. The number of hydrogen-bond acceptors (Lipinski definition) is 5. The minimum Gasteiger partial charge on any atom is -0.399 e. The third-order valence-corrected chi connectivity index (χ3v) is 7.63. The number of rotatable bonds is 5. The van der Waals surface area contributed by atoms with Crippen LogP contribution < -0.4 is 5.46 Å². The fourth-order valence-electron chi connectivity index (χ4n) is 4.76. The summed E-state index contributed by atoms with van der Waals surface area (Å²) in [5.41, 5.74) is 4.86. The summed E-state index contributed by atoms with van der Waals surface area (Å²) in [6.07, 6.45) is 0. The molecule has 2 heterocycles. The Kier molecular flexibility index (Phi) is 6.38. The first kappa shape index (κ1) is 25.2. The summed E-state index contributed by atoms with van der Waals surface area (Å²) in [5.74, 6) is 1.80. The third kappa shape index (κ3) is 4.78. The van der Waals surface area contributed by atoms with Gasteiger partial charge in [0, 0.05) is 16.7 Å². The lowest BCUT2D eigenvalue weighted by Gasteiger charge is -2.32. The van der Waals surface area contributed by atoms with Gasteiger partial charge in [-0.25, -0.2) is 15.0 Å². The summed E-state index contributed by atoms with van der Waals surface area (Å²) in [5, 5.41) is 0. The van der Waals surface area contributed by atoms with Crippen LogP contribution in [0.2, 0.25) is 0 Å². The van der Waals surface area contributed by atoms with Crippen LogP contribution in [0.15, 0.2) is 109 Å². The average molecular weight is 511 g/mol. The van der Waals surface area contributed by atoms with Gasteiger partial charge < -0.3 is 9.31 Å². The SMILES string of the molecule is CC1(C)OB(c2ccccc2-c2nc(-c3ccccc3)nc(-c3ccccc3-c3ccccc3)n2)OC1(C)C. The van der Waals surface area contributed by atoms with E-state index in [0.717, 1.165) is 33.3 Å². The second-order valence-corrected chi connectivity index (χ2v) is 10.8. The standard InChI is InChI=1S/C33H30BN3O2/c1-32(2)33(3,4)39-34(38-32)28-22-14-13-21-27(28)31-36-29(24-17-9-6-10-18-24)35-30(37-31)26-20-12-11-19-25(26)23-15-7-5-8-16-23/h5-22H,1-4H3. The van der Waals surface area contributed by atoms with Crippen molar-refractivity contribution in [2.45, 2.75) is 38.9 Å². The molecule has 0 N–H and O–H groups in total. The molecule has 192 valence electrons. The van der Waals surface area contributed by atoms with Crippen LogP contribution >= 0.6 is 0 Å². The van der Waals surface area contributed by atoms with Gasteiger partial charge >= 0.3 is 7.12 Å². The lowest BCUT2D eigenvalue weighted by Crippen LogP contribution is -2.41. The Balaban J connectivity index is 1.54. The molecular weight excluding hydrogens is 481 g/mol. The first-order chi connectivity index (χ1) is 18.8. The van der Waals surface area contributed by atoms with Crippen LogP contribution in [0.4, 0.5) is 0 Å². The molecule has 0 saturated carbocycles. The zero-order valence-corrected chi connectivity index (χ0v) is 22.6. The monoisotopic (exact) mass is 511 g/mol. The summed E-state index contributed by atoms with van der Waals surface area (Å²) < 4.78 is 12.9. The number of aromatic nitrogens is 3. The van der Waals surface area contributed by atoms with Crippen molar-refractivity contribution in [3.63, 3.8) is 0 Å². The number of nitrogens with zero attached hydrogens (tertiary/aromatic N) is 3. The molecule has 39 heavy (non-hydrogen) atoms. The first-order valence-electron chi connectivity index (χ1n) is 13.2. The smallest absolute Gasteiger partial charge is 0.399 e. The predicted molar refractivity (Wildman–Crippen MR) is 157 cm³/mol. The summed E-state index contributed by atoms with van der Waals surface area (Å²) in [7, 11) is -0.539. The molecule has 1 aliphatic heterocycles. The van der Waals surface area contributed by atoms with Crippen LogP contribution in [0, 0.1) is 0 Å². The molecule has 1 fully saturated rings. The van der Waals surface area contributed by atoms with E-state index in [-0.39, 0.29) is 0 Å².